The van der Waals surface area contributed by atoms with Gasteiger partial charge in [0.1, 0.15) is 6.04 Å². The number of aryl methyl sites for hydroxylation is 2. The monoisotopic (exact) mass is 293 g/mol. The van der Waals surface area contributed by atoms with Crippen molar-refractivity contribution in [3.8, 4) is 0 Å². The average molecular weight is 293 g/mol. The Hall–Kier alpha value is -1.85. The third-order valence-corrected chi connectivity index (χ3v) is 4.32. The first-order valence-electron chi connectivity index (χ1n) is 7.51. The number of rotatable bonds is 5. The third kappa shape index (κ3) is 3.83. The molecular weight excluding hydrogens is 270 g/mol. The number of amides is 1. The van der Waals surface area contributed by atoms with Crippen LogP contribution in [0.4, 0.5) is 0 Å². The highest BCUT2D eigenvalue weighted by atomic mass is 16.4. The summed E-state index contributed by atoms with van der Waals surface area (Å²) < 4.78 is 0. The van der Waals surface area contributed by atoms with Crippen LogP contribution in [0.1, 0.15) is 49.1 Å². The first kappa shape index (κ1) is 15.5. The minimum atomic E-state index is -0.934. The summed E-state index contributed by atoms with van der Waals surface area (Å²) in [7, 11) is 0. The lowest BCUT2D eigenvalue weighted by Crippen LogP contribution is -2.47. The Morgan fingerprint density at radius 3 is 2.52 bits per heavy atom. The van der Waals surface area contributed by atoms with Gasteiger partial charge in [0.2, 0.25) is 5.91 Å². The van der Waals surface area contributed by atoms with Crippen molar-refractivity contribution in [1.29, 1.82) is 0 Å². The average Bonchev–Trinajstić information content (AvgIpc) is 2.77. The number of carboxylic acid groups (broad SMARTS) is 1. The zero-order valence-electron chi connectivity index (χ0n) is 12.6. The SMILES string of the molecule is Cc1n[nH]c(C)c1CC(=O)NC(C(=O)O)C1CCCCC1. The molecule has 1 amide bonds. The van der Waals surface area contributed by atoms with Gasteiger partial charge in [-0.2, -0.15) is 5.10 Å². The number of hydrogen-bond donors (Lipinski definition) is 3. The van der Waals surface area contributed by atoms with Crippen molar-refractivity contribution in [1.82, 2.24) is 15.5 Å². The smallest absolute Gasteiger partial charge is 0.326 e. The fraction of sp³-hybridized carbons (Fsp3) is 0.667. The van der Waals surface area contributed by atoms with Gasteiger partial charge in [-0.25, -0.2) is 4.79 Å². The molecule has 1 unspecified atom stereocenters. The molecule has 0 bridgehead atoms. The maximum Gasteiger partial charge on any atom is 0.326 e. The van der Waals surface area contributed by atoms with Gasteiger partial charge in [-0.15, -0.1) is 0 Å². The van der Waals surface area contributed by atoms with Crippen LogP contribution in [0.15, 0.2) is 0 Å². The molecule has 1 aliphatic carbocycles. The predicted octanol–water partition coefficient (Wildman–Crippen LogP) is 1.72. The number of nitrogens with zero attached hydrogens (tertiary/aromatic N) is 1. The van der Waals surface area contributed by atoms with Crippen molar-refractivity contribution in [2.75, 3.05) is 0 Å². The quantitative estimate of drug-likeness (QED) is 0.770. The largest absolute Gasteiger partial charge is 0.480 e. The summed E-state index contributed by atoms with van der Waals surface area (Å²) in [6.45, 7) is 3.69. The van der Waals surface area contributed by atoms with Gasteiger partial charge in [-0.1, -0.05) is 19.3 Å². The molecule has 1 aromatic rings. The van der Waals surface area contributed by atoms with E-state index in [2.05, 4.69) is 15.5 Å². The van der Waals surface area contributed by atoms with Crippen LogP contribution in [0, 0.1) is 19.8 Å². The van der Waals surface area contributed by atoms with E-state index in [0.717, 1.165) is 49.1 Å². The van der Waals surface area contributed by atoms with Crippen molar-refractivity contribution < 1.29 is 14.7 Å². The van der Waals surface area contributed by atoms with E-state index in [1.807, 2.05) is 13.8 Å². The van der Waals surface area contributed by atoms with E-state index in [9.17, 15) is 14.7 Å². The molecule has 6 heteroatoms. The second kappa shape index (κ2) is 6.74. The maximum absolute atomic E-state index is 12.2. The van der Waals surface area contributed by atoms with E-state index in [1.54, 1.807) is 0 Å². The second-order valence-corrected chi connectivity index (χ2v) is 5.87. The molecule has 0 aromatic carbocycles. The molecule has 1 aliphatic rings. The lowest BCUT2D eigenvalue weighted by Gasteiger charge is -2.28. The van der Waals surface area contributed by atoms with Crippen LogP contribution in [-0.4, -0.2) is 33.2 Å². The Morgan fingerprint density at radius 1 is 1.33 bits per heavy atom. The van der Waals surface area contributed by atoms with Crippen LogP contribution in [0.5, 0.6) is 0 Å². The number of hydrogen-bond acceptors (Lipinski definition) is 3. The molecular formula is C15H23N3O3. The summed E-state index contributed by atoms with van der Waals surface area (Å²) in [6.07, 6.45) is 5.17. The topological polar surface area (TPSA) is 95.1 Å². The molecule has 116 valence electrons. The molecule has 0 saturated heterocycles. The fourth-order valence-corrected chi connectivity index (χ4v) is 3.07. The Bertz CT molecular complexity index is 499. The molecule has 2 rings (SSSR count). The number of nitrogens with one attached hydrogen (secondary N) is 2. The predicted molar refractivity (Wildman–Crippen MR) is 77.9 cm³/mol. The molecule has 0 spiro atoms. The molecule has 6 nitrogen and oxygen atoms in total. The van der Waals surface area contributed by atoms with Gasteiger partial charge in [0, 0.05) is 11.3 Å². The van der Waals surface area contributed by atoms with E-state index in [0.29, 0.717) is 0 Å². The molecule has 1 saturated carbocycles. The molecule has 0 radical (unpaired) electrons. The van der Waals surface area contributed by atoms with Gasteiger partial charge in [0.05, 0.1) is 12.1 Å². The van der Waals surface area contributed by atoms with Crippen molar-refractivity contribution in [3.05, 3.63) is 17.0 Å². The molecule has 21 heavy (non-hydrogen) atoms. The standard InChI is InChI=1S/C15H23N3O3/c1-9-12(10(2)18-17-9)8-13(19)16-14(15(20)21)11-6-4-3-5-7-11/h11,14H,3-8H2,1-2H3,(H,16,19)(H,17,18)(H,20,21). The van der Waals surface area contributed by atoms with E-state index in [1.165, 1.54) is 0 Å². The highest BCUT2D eigenvalue weighted by Gasteiger charge is 2.30. The number of carboxylic acids is 1. The van der Waals surface area contributed by atoms with Crippen LogP contribution in [-0.2, 0) is 16.0 Å². The van der Waals surface area contributed by atoms with Gasteiger partial charge in [-0.3, -0.25) is 9.89 Å². The maximum atomic E-state index is 12.2. The van der Waals surface area contributed by atoms with Crippen LogP contribution >= 0.6 is 0 Å². The molecule has 3 N–H and O–H groups in total. The summed E-state index contributed by atoms with van der Waals surface area (Å²) in [4.78, 5) is 23.6. The van der Waals surface area contributed by atoms with Gasteiger partial charge < -0.3 is 10.4 Å². The number of H-pyrrole nitrogens is 1. The van der Waals surface area contributed by atoms with Crippen LogP contribution < -0.4 is 5.32 Å². The van der Waals surface area contributed by atoms with E-state index in [4.69, 9.17) is 0 Å². The van der Waals surface area contributed by atoms with Crippen molar-refractivity contribution in [3.63, 3.8) is 0 Å². The number of aromatic amines is 1. The lowest BCUT2D eigenvalue weighted by atomic mass is 9.84. The summed E-state index contributed by atoms with van der Waals surface area (Å²) in [6, 6.07) is -0.773. The molecule has 0 aliphatic heterocycles. The van der Waals surface area contributed by atoms with Crippen LogP contribution in [0.2, 0.25) is 0 Å². The van der Waals surface area contributed by atoms with E-state index >= 15 is 0 Å². The normalized spacial score (nSPS) is 17.4. The summed E-state index contributed by atoms with van der Waals surface area (Å²) in [5.41, 5.74) is 2.49. The molecule has 1 aromatic heterocycles. The first-order chi connectivity index (χ1) is 9.99. The van der Waals surface area contributed by atoms with Crippen molar-refractivity contribution in [2.24, 2.45) is 5.92 Å². The van der Waals surface area contributed by atoms with Gasteiger partial charge in [0.15, 0.2) is 0 Å². The van der Waals surface area contributed by atoms with Crippen LogP contribution in [0.3, 0.4) is 0 Å². The molecule has 1 heterocycles. The second-order valence-electron chi connectivity index (χ2n) is 5.87. The Kier molecular flexibility index (Phi) is 4.98. The third-order valence-electron chi connectivity index (χ3n) is 4.32. The minimum absolute atomic E-state index is 0.0479. The molecule has 1 fully saturated rings. The number of carbonyl (C=O) groups excluding carboxylic acids is 1. The highest BCUT2D eigenvalue weighted by Crippen LogP contribution is 2.26. The summed E-state index contributed by atoms with van der Waals surface area (Å²) in [5.74, 6) is -1.14. The van der Waals surface area contributed by atoms with Gasteiger partial charge >= 0.3 is 5.97 Å². The number of aliphatic carboxylic acids is 1. The lowest BCUT2D eigenvalue weighted by molar-refractivity contribution is -0.143. The Morgan fingerprint density at radius 2 is 2.00 bits per heavy atom. The van der Waals surface area contributed by atoms with Crippen LogP contribution in [0.25, 0.3) is 0 Å². The fourth-order valence-electron chi connectivity index (χ4n) is 3.07. The summed E-state index contributed by atoms with van der Waals surface area (Å²) >= 11 is 0. The summed E-state index contributed by atoms with van der Waals surface area (Å²) in [5, 5.41) is 19.0. The number of carbonyl (C=O) groups is 2. The van der Waals surface area contributed by atoms with Gasteiger partial charge in [-0.05, 0) is 32.6 Å². The Balaban J connectivity index is 1.99. The zero-order valence-corrected chi connectivity index (χ0v) is 12.6. The van der Waals surface area contributed by atoms with E-state index in [-0.39, 0.29) is 18.2 Å². The highest BCUT2D eigenvalue weighted by molar-refractivity contribution is 5.85. The van der Waals surface area contributed by atoms with Crippen molar-refractivity contribution >= 4 is 11.9 Å². The Labute approximate surface area is 124 Å². The zero-order chi connectivity index (χ0) is 15.4. The minimum Gasteiger partial charge on any atom is -0.480 e. The van der Waals surface area contributed by atoms with Crippen molar-refractivity contribution in [2.45, 2.75) is 58.4 Å². The number of aromatic nitrogens is 2. The van der Waals surface area contributed by atoms with E-state index < -0.39 is 12.0 Å². The molecule has 1 atom stereocenters. The van der Waals surface area contributed by atoms with Gasteiger partial charge in [0.25, 0.3) is 0 Å². The first-order valence-corrected chi connectivity index (χ1v) is 7.51.